The highest BCUT2D eigenvalue weighted by Gasteiger charge is 2.37. The van der Waals surface area contributed by atoms with Gasteiger partial charge in [-0.15, -0.1) is 0 Å². The summed E-state index contributed by atoms with van der Waals surface area (Å²) in [6, 6.07) is 2.24. The molecule has 3 N–H and O–H groups in total. The van der Waals surface area contributed by atoms with Crippen molar-refractivity contribution in [2.45, 2.75) is 26.1 Å². The molecule has 1 atom stereocenters. The normalized spacial score (nSPS) is 13.0. The lowest BCUT2D eigenvalue weighted by Crippen LogP contribution is -2.51. The average Bonchev–Trinajstić information content (AvgIpc) is 3.15. The number of H-pyrrole nitrogens is 1. The van der Waals surface area contributed by atoms with Crippen molar-refractivity contribution < 1.29 is 22.7 Å². The average molecular weight is 479 g/mol. The molecule has 3 aromatic heterocycles. The van der Waals surface area contributed by atoms with E-state index in [0.717, 1.165) is 16.8 Å². The smallest absolute Gasteiger partial charge is 0.405 e. The number of anilines is 1. The third-order valence-electron chi connectivity index (χ3n) is 5.29. The number of nitrogens with zero attached hydrogens (tertiary/aromatic N) is 4. The van der Waals surface area contributed by atoms with Crippen LogP contribution >= 0.6 is 0 Å². The molecule has 8 nitrogen and oxygen atoms in total. The summed E-state index contributed by atoms with van der Waals surface area (Å²) < 4.78 is 46.0. The molecule has 0 aromatic carbocycles. The standard InChI is InChI=1S/C23H29F3N6O2/c1-14(2)20(21(27)33)32(13-23(24,25)26)16-7-15(9-28-10-16)19-12-30-22-18(19)8-17(11-29-22)34-6-5-31(3)4/h7-12,14,20H,5-6,13H2,1-4H3,(H2,27,33)(H,29,30)/t20-/m0/s1. The second-order valence-corrected chi connectivity index (χ2v) is 8.69. The van der Waals surface area contributed by atoms with Crippen LogP contribution in [0.15, 0.2) is 36.9 Å². The molecular formula is C23H29F3N6O2. The van der Waals surface area contributed by atoms with Gasteiger partial charge in [-0.25, -0.2) is 4.98 Å². The fraction of sp³-hybridized carbons (Fsp3) is 0.435. The molecule has 34 heavy (non-hydrogen) atoms. The zero-order valence-corrected chi connectivity index (χ0v) is 19.6. The zero-order chi connectivity index (χ0) is 25.0. The van der Waals surface area contributed by atoms with Crippen molar-refractivity contribution >= 4 is 22.6 Å². The summed E-state index contributed by atoms with van der Waals surface area (Å²) in [4.78, 5) is 26.6. The van der Waals surface area contributed by atoms with Gasteiger partial charge in [-0.05, 0) is 32.1 Å². The van der Waals surface area contributed by atoms with Crippen LogP contribution in [0.5, 0.6) is 5.75 Å². The molecule has 0 unspecified atom stereocenters. The van der Waals surface area contributed by atoms with Crippen molar-refractivity contribution in [3.05, 3.63) is 36.9 Å². The van der Waals surface area contributed by atoms with E-state index in [1.165, 1.54) is 6.20 Å². The predicted octanol–water partition coefficient (Wildman–Crippen LogP) is 3.44. The van der Waals surface area contributed by atoms with Crippen molar-refractivity contribution in [1.82, 2.24) is 19.9 Å². The molecule has 0 fully saturated rings. The Morgan fingerprint density at radius 3 is 2.56 bits per heavy atom. The molecule has 0 aliphatic carbocycles. The summed E-state index contributed by atoms with van der Waals surface area (Å²) in [5.41, 5.74) is 7.49. The van der Waals surface area contributed by atoms with Crippen LogP contribution in [0.1, 0.15) is 13.8 Å². The maximum absolute atomic E-state index is 13.4. The van der Waals surface area contributed by atoms with E-state index in [1.54, 1.807) is 38.5 Å². The minimum atomic E-state index is -4.54. The molecule has 0 aliphatic rings. The van der Waals surface area contributed by atoms with Crippen molar-refractivity contribution in [3.8, 4) is 16.9 Å². The summed E-state index contributed by atoms with van der Waals surface area (Å²) in [7, 11) is 3.89. The largest absolute Gasteiger partial charge is 0.491 e. The van der Waals surface area contributed by atoms with Crippen molar-refractivity contribution in [2.75, 3.05) is 38.7 Å². The first kappa shape index (κ1) is 25.3. The number of hydrogen-bond acceptors (Lipinski definition) is 6. The SMILES string of the molecule is CC(C)[C@@H](C(N)=O)N(CC(F)(F)F)c1cncc(-c2c[nH]c3ncc(OCCN(C)C)cc23)c1. The Hall–Kier alpha value is -3.34. The van der Waals surface area contributed by atoms with E-state index >= 15 is 0 Å². The van der Waals surface area contributed by atoms with Gasteiger partial charge >= 0.3 is 6.18 Å². The molecule has 0 bridgehead atoms. The zero-order valence-electron chi connectivity index (χ0n) is 19.6. The highest BCUT2D eigenvalue weighted by molar-refractivity contribution is 5.94. The van der Waals surface area contributed by atoms with Crippen LogP contribution < -0.4 is 15.4 Å². The highest BCUT2D eigenvalue weighted by Crippen LogP contribution is 2.33. The molecule has 0 spiro atoms. The number of aromatic amines is 1. The second-order valence-electron chi connectivity index (χ2n) is 8.69. The summed E-state index contributed by atoms with van der Waals surface area (Å²) >= 11 is 0. The molecule has 0 aliphatic heterocycles. The van der Waals surface area contributed by atoms with Gasteiger partial charge in [0.2, 0.25) is 5.91 Å². The molecule has 0 saturated carbocycles. The number of hydrogen-bond donors (Lipinski definition) is 2. The number of carbonyl (C=O) groups excluding carboxylic acids is 1. The number of amides is 1. The number of pyridine rings is 2. The Balaban J connectivity index is 2.00. The lowest BCUT2D eigenvalue weighted by atomic mass is 10.0. The minimum absolute atomic E-state index is 0.146. The third kappa shape index (κ3) is 6.16. The van der Waals surface area contributed by atoms with Gasteiger partial charge in [0.1, 0.15) is 30.6 Å². The monoisotopic (exact) mass is 478 g/mol. The summed E-state index contributed by atoms with van der Waals surface area (Å²) in [5, 5.41) is 0.735. The predicted molar refractivity (Wildman–Crippen MR) is 125 cm³/mol. The molecule has 0 radical (unpaired) electrons. The van der Waals surface area contributed by atoms with Gasteiger partial charge in [-0.1, -0.05) is 13.8 Å². The fourth-order valence-corrected chi connectivity index (χ4v) is 3.77. The molecule has 1 amide bonds. The van der Waals surface area contributed by atoms with Gasteiger partial charge in [-0.3, -0.25) is 9.78 Å². The molecule has 184 valence electrons. The molecule has 3 heterocycles. The van der Waals surface area contributed by atoms with Crippen LogP contribution in [-0.4, -0.2) is 71.8 Å². The number of nitrogens with two attached hydrogens (primary N) is 1. The highest BCUT2D eigenvalue weighted by atomic mass is 19.4. The number of carbonyl (C=O) groups is 1. The molecule has 11 heteroatoms. The number of halogens is 3. The van der Waals surface area contributed by atoms with Crippen molar-refractivity contribution in [3.63, 3.8) is 0 Å². The van der Waals surface area contributed by atoms with E-state index in [9.17, 15) is 18.0 Å². The van der Waals surface area contributed by atoms with Crippen LogP contribution in [0.2, 0.25) is 0 Å². The Labute approximate surface area is 195 Å². The number of fused-ring (bicyclic) bond motifs is 1. The van der Waals surface area contributed by atoms with E-state index in [2.05, 4.69) is 15.0 Å². The summed E-state index contributed by atoms with van der Waals surface area (Å²) in [6.07, 6.45) is 1.63. The first-order valence-electron chi connectivity index (χ1n) is 10.8. The van der Waals surface area contributed by atoms with Gasteiger partial charge in [0.15, 0.2) is 0 Å². The number of alkyl halides is 3. The maximum Gasteiger partial charge on any atom is 0.405 e. The molecule has 3 rings (SSSR count). The van der Waals surface area contributed by atoms with E-state index in [1.807, 2.05) is 25.1 Å². The number of nitrogens with one attached hydrogen (secondary N) is 1. The first-order valence-corrected chi connectivity index (χ1v) is 10.8. The van der Waals surface area contributed by atoms with Crippen LogP contribution in [-0.2, 0) is 4.79 Å². The van der Waals surface area contributed by atoms with Gasteiger partial charge < -0.3 is 25.3 Å². The number of primary amides is 1. The quantitative estimate of drug-likeness (QED) is 0.463. The van der Waals surface area contributed by atoms with Gasteiger partial charge in [-0.2, -0.15) is 13.2 Å². The van der Waals surface area contributed by atoms with Crippen LogP contribution in [0.3, 0.4) is 0 Å². The Bertz CT molecular complexity index is 1130. The van der Waals surface area contributed by atoms with Gasteiger partial charge in [0, 0.05) is 35.5 Å². The van der Waals surface area contributed by atoms with Crippen molar-refractivity contribution in [1.29, 1.82) is 0 Å². The Morgan fingerprint density at radius 2 is 1.94 bits per heavy atom. The van der Waals surface area contributed by atoms with E-state index in [4.69, 9.17) is 10.5 Å². The number of likely N-dealkylation sites (N-methyl/N-ethyl adjacent to an activating group) is 1. The van der Waals surface area contributed by atoms with Gasteiger partial charge in [0.05, 0.1) is 18.1 Å². The topological polar surface area (TPSA) is 100 Å². The lowest BCUT2D eigenvalue weighted by molar-refractivity contribution is -0.126. The number of aromatic nitrogens is 3. The van der Waals surface area contributed by atoms with Crippen molar-refractivity contribution in [2.24, 2.45) is 11.7 Å². The number of rotatable bonds is 10. The first-order chi connectivity index (χ1) is 16.0. The second kappa shape index (κ2) is 10.3. The minimum Gasteiger partial charge on any atom is -0.491 e. The van der Waals surface area contributed by atoms with Crippen LogP contribution in [0.25, 0.3) is 22.2 Å². The number of ether oxygens (including phenoxy) is 1. The summed E-state index contributed by atoms with van der Waals surface area (Å²) in [5.74, 6) is -0.699. The van der Waals surface area contributed by atoms with E-state index in [0.29, 0.717) is 29.1 Å². The van der Waals surface area contributed by atoms with Crippen LogP contribution in [0, 0.1) is 5.92 Å². The molecular weight excluding hydrogens is 449 g/mol. The lowest BCUT2D eigenvalue weighted by Gasteiger charge is -2.34. The van der Waals surface area contributed by atoms with E-state index < -0.39 is 30.6 Å². The molecule has 3 aromatic rings. The van der Waals surface area contributed by atoms with Crippen LogP contribution in [0.4, 0.5) is 18.9 Å². The molecule has 0 saturated heterocycles. The third-order valence-corrected chi connectivity index (χ3v) is 5.29. The fourth-order valence-electron chi connectivity index (χ4n) is 3.77. The van der Waals surface area contributed by atoms with E-state index in [-0.39, 0.29) is 5.69 Å². The summed E-state index contributed by atoms with van der Waals surface area (Å²) in [6.45, 7) is 3.19. The Kier molecular flexibility index (Phi) is 7.65. The maximum atomic E-state index is 13.4. The Morgan fingerprint density at radius 1 is 1.21 bits per heavy atom. The van der Waals surface area contributed by atoms with Gasteiger partial charge in [0.25, 0.3) is 0 Å².